The molecule has 0 radical (unpaired) electrons. The fourth-order valence-electron chi connectivity index (χ4n) is 2.33. The molecule has 2 amide bonds. The lowest BCUT2D eigenvalue weighted by molar-refractivity contribution is -0.835. The molecule has 0 unspecified atom stereocenters. The Balaban J connectivity index is 2.00. The lowest BCUT2D eigenvalue weighted by Crippen LogP contribution is -2.62. The molecular formula is C10H20N3O+. The van der Waals surface area contributed by atoms with E-state index in [0.717, 1.165) is 39.3 Å². The van der Waals surface area contributed by atoms with Crippen LogP contribution in [0.2, 0.25) is 0 Å². The maximum atomic E-state index is 12.2. The molecule has 0 bridgehead atoms. The Hall–Kier alpha value is -0.610. The van der Waals surface area contributed by atoms with E-state index in [1.807, 2.05) is 4.90 Å². The van der Waals surface area contributed by atoms with E-state index in [2.05, 4.69) is 12.4 Å². The summed E-state index contributed by atoms with van der Waals surface area (Å²) in [4.78, 5) is 14.2. The van der Waals surface area contributed by atoms with Crippen molar-refractivity contribution in [3.63, 3.8) is 0 Å². The number of nitrogens with one attached hydrogen (secondary N) is 1. The number of piperazine rings is 1. The number of carbonyl (C=O) groups is 1. The van der Waals surface area contributed by atoms with E-state index >= 15 is 0 Å². The maximum Gasteiger partial charge on any atom is 0.419 e. The number of quaternary nitrogens is 1. The molecule has 2 heterocycles. The van der Waals surface area contributed by atoms with Gasteiger partial charge in [-0.1, -0.05) is 0 Å². The number of likely N-dealkylation sites (N-methyl/N-ethyl adjacent to an activating group) is 1. The van der Waals surface area contributed by atoms with Gasteiger partial charge in [-0.2, -0.15) is 0 Å². The monoisotopic (exact) mass is 198 g/mol. The van der Waals surface area contributed by atoms with Gasteiger partial charge >= 0.3 is 6.03 Å². The topological polar surface area (TPSA) is 32.3 Å². The Morgan fingerprint density at radius 3 is 2.36 bits per heavy atom. The summed E-state index contributed by atoms with van der Waals surface area (Å²) in [5.41, 5.74) is 0. The van der Waals surface area contributed by atoms with Gasteiger partial charge in [0.1, 0.15) is 0 Å². The van der Waals surface area contributed by atoms with Crippen LogP contribution in [-0.4, -0.2) is 61.7 Å². The molecule has 0 aromatic rings. The first-order valence-electron chi connectivity index (χ1n) is 5.57. The number of nitrogens with zero attached hydrogens (tertiary/aromatic N) is 2. The number of urea groups is 1. The lowest BCUT2D eigenvalue weighted by Gasteiger charge is -2.37. The summed E-state index contributed by atoms with van der Waals surface area (Å²) >= 11 is 0. The van der Waals surface area contributed by atoms with Crippen molar-refractivity contribution in [1.82, 2.24) is 10.2 Å². The number of carbonyl (C=O) groups excluding carboxylic acids is 1. The highest BCUT2D eigenvalue weighted by atomic mass is 16.2. The molecule has 2 aliphatic heterocycles. The first-order chi connectivity index (χ1) is 6.72. The second kappa shape index (κ2) is 3.87. The first kappa shape index (κ1) is 9.93. The number of rotatable bonds is 0. The Morgan fingerprint density at radius 1 is 1.21 bits per heavy atom. The zero-order chi connectivity index (χ0) is 10.0. The summed E-state index contributed by atoms with van der Waals surface area (Å²) in [6, 6.07) is 0.337. The minimum atomic E-state index is 0.337. The summed E-state index contributed by atoms with van der Waals surface area (Å²) in [5, 5.41) is 3.30. The predicted molar refractivity (Wildman–Crippen MR) is 55.0 cm³/mol. The highest BCUT2D eigenvalue weighted by Crippen LogP contribution is 2.15. The normalized spacial score (nSPS) is 26.5. The molecule has 4 heteroatoms. The van der Waals surface area contributed by atoms with Gasteiger partial charge in [-0.3, -0.25) is 4.90 Å². The highest BCUT2D eigenvalue weighted by Gasteiger charge is 2.38. The summed E-state index contributed by atoms with van der Waals surface area (Å²) in [7, 11) is 2.07. The van der Waals surface area contributed by atoms with Crippen LogP contribution in [-0.2, 0) is 0 Å². The Bertz CT molecular complexity index is 217. The van der Waals surface area contributed by atoms with Crippen LogP contribution < -0.4 is 5.32 Å². The molecule has 0 saturated carbocycles. The second-order valence-electron chi connectivity index (χ2n) is 4.57. The average Bonchev–Trinajstić information content (AvgIpc) is 2.70. The van der Waals surface area contributed by atoms with Crippen LogP contribution in [0.4, 0.5) is 4.79 Å². The van der Waals surface area contributed by atoms with Gasteiger partial charge < -0.3 is 5.32 Å². The Kier molecular flexibility index (Phi) is 2.74. The number of hydrogen-bond acceptors (Lipinski definition) is 2. The van der Waals surface area contributed by atoms with E-state index in [1.165, 1.54) is 12.8 Å². The van der Waals surface area contributed by atoms with E-state index < -0.39 is 0 Å². The molecule has 0 spiro atoms. The van der Waals surface area contributed by atoms with Gasteiger partial charge in [-0.15, -0.1) is 0 Å². The lowest BCUT2D eigenvalue weighted by atomic mass is 10.3. The summed E-state index contributed by atoms with van der Waals surface area (Å²) < 4.78 is 0.604. The summed E-state index contributed by atoms with van der Waals surface area (Å²) in [5.74, 6) is 0. The highest BCUT2D eigenvalue weighted by molar-refractivity contribution is 5.67. The van der Waals surface area contributed by atoms with Gasteiger partial charge in [-0.25, -0.2) is 9.28 Å². The van der Waals surface area contributed by atoms with Crippen molar-refractivity contribution in [2.45, 2.75) is 12.8 Å². The largest absolute Gasteiger partial charge is 0.419 e. The summed E-state index contributed by atoms with van der Waals surface area (Å²) in [6.07, 6.45) is 2.37. The molecule has 0 atom stereocenters. The summed E-state index contributed by atoms with van der Waals surface area (Å²) in [6.45, 7) is 5.76. The van der Waals surface area contributed by atoms with Crippen LogP contribution in [0.3, 0.4) is 0 Å². The van der Waals surface area contributed by atoms with Crippen molar-refractivity contribution in [3.05, 3.63) is 0 Å². The first-order valence-corrected chi connectivity index (χ1v) is 5.57. The Morgan fingerprint density at radius 2 is 1.79 bits per heavy atom. The van der Waals surface area contributed by atoms with Gasteiger partial charge in [0.2, 0.25) is 0 Å². The van der Waals surface area contributed by atoms with E-state index in [9.17, 15) is 4.79 Å². The number of amides is 2. The third-order valence-corrected chi connectivity index (χ3v) is 3.40. The van der Waals surface area contributed by atoms with Gasteiger partial charge in [0.15, 0.2) is 0 Å². The van der Waals surface area contributed by atoms with E-state index in [-0.39, 0.29) is 0 Å². The molecular weight excluding hydrogens is 178 g/mol. The number of hydrogen-bond donors (Lipinski definition) is 1. The molecule has 1 N–H and O–H groups in total. The van der Waals surface area contributed by atoms with E-state index in [0.29, 0.717) is 10.5 Å². The smallest absolute Gasteiger partial charge is 0.306 e. The number of likely N-dealkylation sites (tertiary alicyclic amines) is 1. The fraction of sp³-hybridized carbons (Fsp3) is 0.900. The van der Waals surface area contributed by atoms with Gasteiger partial charge in [0.05, 0.1) is 20.1 Å². The fourth-order valence-corrected chi connectivity index (χ4v) is 2.33. The van der Waals surface area contributed by atoms with Crippen LogP contribution in [0.15, 0.2) is 0 Å². The van der Waals surface area contributed by atoms with Crippen LogP contribution in [0.25, 0.3) is 0 Å². The predicted octanol–water partition coefficient (Wildman–Crippen LogP) is 0.252. The van der Waals surface area contributed by atoms with Crippen molar-refractivity contribution >= 4 is 6.03 Å². The standard InChI is InChI=1S/C10H20N3O/c1-13(8-4-11-5-9-13)10(14)12-6-2-3-7-12/h11H,2-9H2,1H3/q+1. The van der Waals surface area contributed by atoms with Gasteiger partial charge in [-0.05, 0) is 12.8 Å². The minimum Gasteiger partial charge on any atom is -0.306 e. The van der Waals surface area contributed by atoms with E-state index in [1.54, 1.807) is 0 Å². The molecule has 14 heavy (non-hydrogen) atoms. The third-order valence-electron chi connectivity index (χ3n) is 3.40. The van der Waals surface area contributed by atoms with Crippen molar-refractivity contribution in [2.24, 2.45) is 0 Å². The maximum absolute atomic E-state index is 12.2. The molecule has 80 valence electrons. The molecule has 0 aromatic heterocycles. The quantitative estimate of drug-likeness (QED) is 0.566. The van der Waals surface area contributed by atoms with Crippen molar-refractivity contribution < 1.29 is 9.28 Å². The molecule has 2 rings (SSSR count). The van der Waals surface area contributed by atoms with Gasteiger partial charge in [0.25, 0.3) is 0 Å². The molecule has 4 nitrogen and oxygen atoms in total. The molecule has 0 aliphatic carbocycles. The van der Waals surface area contributed by atoms with Crippen LogP contribution in [0.1, 0.15) is 12.8 Å². The van der Waals surface area contributed by atoms with E-state index in [4.69, 9.17) is 0 Å². The van der Waals surface area contributed by atoms with Gasteiger partial charge in [0, 0.05) is 26.2 Å². The average molecular weight is 198 g/mol. The van der Waals surface area contributed by atoms with Crippen molar-refractivity contribution in [2.75, 3.05) is 46.3 Å². The van der Waals surface area contributed by atoms with Crippen LogP contribution >= 0.6 is 0 Å². The third kappa shape index (κ3) is 1.77. The molecule has 2 aliphatic rings. The van der Waals surface area contributed by atoms with Crippen LogP contribution in [0.5, 0.6) is 0 Å². The van der Waals surface area contributed by atoms with Crippen LogP contribution in [0, 0.1) is 0 Å². The zero-order valence-corrected chi connectivity index (χ0v) is 8.96. The SMILES string of the molecule is C[N+]1(C(=O)N2CCCC2)CCNCC1. The molecule has 2 saturated heterocycles. The van der Waals surface area contributed by atoms with Crippen molar-refractivity contribution in [1.29, 1.82) is 0 Å². The zero-order valence-electron chi connectivity index (χ0n) is 8.96. The van der Waals surface area contributed by atoms with Crippen molar-refractivity contribution in [3.8, 4) is 0 Å². The minimum absolute atomic E-state index is 0.337. The molecule has 2 fully saturated rings. The second-order valence-corrected chi connectivity index (χ2v) is 4.57. The molecule has 0 aromatic carbocycles. The Labute approximate surface area is 85.5 Å².